The van der Waals surface area contributed by atoms with E-state index in [9.17, 15) is 9.59 Å². The smallest absolute Gasteiger partial charge is 0.358 e. The van der Waals surface area contributed by atoms with Gasteiger partial charge in [0, 0.05) is 30.3 Å². The van der Waals surface area contributed by atoms with Gasteiger partial charge in [-0.05, 0) is 57.2 Å². The molecule has 4 rings (SSSR count). The number of ether oxygens (including phenoxy) is 1. The van der Waals surface area contributed by atoms with E-state index in [1.54, 1.807) is 52.9 Å². The molecule has 0 bridgehead atoms. The number of nitrogens with one attached hydrogen (secondary N) is 1. The van der Waals surface area contributed by atoms with Gasteiger partial charge in [-0.15, -0.1) is 0 Å². The molecule has 0 spiro atoms. The third-order valence-electron chi connectivity index (χ3n) is 5.08. The highest BCUT2D eigenvalue weighted by Gasteiger charge is 2.20. The highest BCUT2D eigenvalue weighted by atomic mass is 16.5. The van der Waals surface area contributed by atoms with E-state index in [2.05, 4.69) is 15.5 Å². The van der Waals surface area contributed by atoms with Crippen molar-refractivity contribution in [1.82, 2.24) is 24.1 Å². The summed E-state index contributed by atoms with van der Waals surface area (Å²) < 4.78 is 10.2. The van der Waals surface area contributed by atoms with Crippen LogP contribution in [0.4, 0.5) is 5.69 Å². The monoisotopic (exact) mass is 432 g/mol. The topological polar surface area (TPSA) is 96.0 Å². The number of aromatic nitrogens is 5. The Bertz CT molecular complexity index is 1280. The average molecular weight is 432 g/mol. The summed E-state index contributed by atoms with van der Waals surface area (Å²) in [7, 11) is 1.81. The quantitative estimate of drug-likeness (QED) is 0.471. The van der Waals surface area contributed by atoms with Crippen molar-refractivity contribution in [3.8, 4) is 11.5 Å². The number of esters is 1. The largest absolute Gasteiger partial charge is 0.461 e. The molecule has 0 saturated heterocycles. The standard InChI is InChI=1S/C23H24N6O3/c1-5-32-23(31)20-11-12-28(26-20)18-8-6-7-17(13-18)25-21(30)19-14-24-27(4)22(19)29-15(2)9-10-16(29)3/h6-14H,5H2,1-4H3,(H,25,30). The number of aryl methyl sites for hydroxylation is 3. The Morgan fingerprint density at radius 1 is 1.09 bits per heavy atom. The van der Waals surface area contributed by atoms with Crippen LogP contribution >= 0.6 is 0 Å². The lowest BCUT2D eigenvalue weighted by molar-refractivity contribution is 0.0519. The molecular weight excluding hydrogens is 408 g/mol. The zero-order valence-corrected chi connectivity index (χ0v) is 18.4. The second kappa shape index (κ2) is 8.54. The van der Waals surface area contributed by atoms with Gasteiger partial charge in [-0.2, -0.15) is 10.2 Å². The molecule has 0 saturated carbocycles. The van der Waals surface area contributed by atoms with Gasteiger partial charge in [0.1, 0.15) is 11.4 Å². The fraction of sp³-hybridized carbons (Fsp3) is 0.217. The van der Waals surface area contributed by atoms with Gasteiger partial charge in [0.05, 0.1) is 18.5 Å². The molecule has 3 heterocycles. The van der Waals surface area contributed by atoms with Crippen LogP contribution in [0.2, 0.25) is 0 Å². The minimum absolute atomic E-state index is 0.221. The molecule has 32 heavy (non-hydrogen) atoms. The van der Waals surface area contributed by atoms with Crippen molar-refractivity contribution >= 4 is 17.6 Å². The van der Waals surface area contributed by atoms with Crippen LogP contribution in [-0.4, -0.2) is 42.6 Å². The summed E-state index contributed by atoms with van der Waals surface area (Å²) in [6, 6.07) is 12.8. The van der Waals surface area contributed by atoms with Gasteiger partial charge < -0.3 is 14.6 Å². The van der Waals surface area contributed by atoms with E-state index in [1.165, 1.54) is 0 Å². The molecule has 9 nitrogen and oxygen atoms in total. The maximum atomic E-state index is 13.1. The number of anilines is 1. The molecule has 4 aromatic rings. The Hall–Kier alpha value is -4.14. The van der Waals surface area contributed by atoms with E-state index >= 15 is 0 Å². The number of benzene rings is 1. The van der Waals surface area contributed by atoms with Gasteiger partial charge in [-0.25, -0.2) is 9.48 Å². The highest BCUT2D eigenvalue weighted by Crippen LogP contribution is 2.22. The minimum Gasteiger partial charge on any atom is -0.461 e. The maximum absolute atomic E-state index is 13.1. The van der Waals surface area contributed by atoms with Crippen molar-refractivity contribution in [3.05, 3.63) is 77.5 Å². The van der Waals surface area contributed by atoms with E-state index in [0.29, 0.717) is 22.8 Å². The predicted molar refractivity (Wildman–Crippen MR) is 119 cm³/mol. The summed E-state index contributed by atoms with van der Waals surface area (Å²) in [4.78, 5) is 25.0. The van der Waals surface area contributed by atoms with E-state index < -0.39 is 5.97 Å². The van der Waals surface area contributed by atoms with E-state index in [-0.39, 0.29) is 18.2 Å². The molecule has 0 fully saturated rings. The molecule has 164 valence electrons. The maximum Gasteiger partial charge on any atom is 0.358 e. The van der Waals surface area contributed by atoms with Crippen LogP contribution in [0, 0.1) is 13.8 Å². The van der Waals surface area contributed by atoms with Gasteiger partial charge in [-0.3, -0.25) is 9.48 Å². The molecule has 0 aliphatic carbocycles. The Labute approximate surface area is 185 Å². The summed E-state index contributed by atoms with van der Waals surface area (Å²) in [5, 5.41) is 11.5. The molecule has 1 aromatic carbocycles. The number of nitrogens with zero attached hydrogens (tertiary/aromatic N) is 5. The van der Waals surface area contributed by atoms with Gasteiger partial charge in [0.25, 0.3) is 5.91 Å². The lowest BCUT2D eigenvalue weighted by Crippen LogP contribution is -2.16. The summed E-state index contributed by atoms with van der Waals surface area (Å²) >= 11 is 0. The van der Waals surface area contributed by atoms with Gasteiger partial charge in [0.15, 0.2) is 5.69 Å². The normalized spacial score (nSPS) is 10.9. The third kappa shape index (κ3) is 3.92. The van der Waals surface area contributed by atoms with E-state index in [1.807, 2.05) is 43.7 Å². The van der Waals surface area contributed by atoms with Gasteiger partial charge in [-0.1, -0.05) is 6.07 Å². The molecule has 1 N–H and O–H groups in total. The van der Waals surface area contributed by atoms with Crippen molar-refractivity contribution in [3.63, 3.8) is 0 Å². The van der Waals surface area contributed by atoms with Crippen molar-refractivity contribution in [1.29, 1.82) is 0 Å². The van der Waals surface area contributed by atoms with Crippen LogP contribution in [0.15, 0.2) is 54.9 Å². The fourth-order valence-electron chi connectivity index (χ4n) is 3.57. The van der Waals surface area contributed by atoms with Crippen LogP contribution < -0.4 is 5.32 Å². The van der Waals surface area contributed by atoms with Crippen LogP contribution in [0.3, 0.4) is 0 Å². The Morgan fingerprint density at radius 3 is 2.56 bits per heavy atom. The van der Waals surface area contributed by atoms with Crippen molar-refractivity contribution in [2.45, 2.75) is 20.8 Å². The highest BCUT2D eigenvalue weighted by molar-refractivity contribution is 6.06. The van der Waals surface area contributed by atoms with E-state index in [4.69, 9.17) is 4.74 Å². The third-order valence-corrected chi connectivity index (χ3v) is 5.08. The lowest BCUT2D eigenvalue weighted by atomic mass is 10.2. The molecule has 0 atom stereocenters. The van der Waals surface area contributed by atoms with Crippen molar-refractivity contribution in [2.75, 3.05) is 11.9 Å². The molecule has 3 aromatic heterocycles. The molecule has 9 heteroatoms. The minimum atomic E-state index is -0.476. The van der Waals surface area contributed by atoms with Crippen molar-refractivity contribution in [2.24, 2.45) is 7.05 Å². The number of hydrogen-bond donors (Lipinski definition) is 1. The Morgan fingerprint density at radius 2 is 1.84 bits per heavy atom. The first kappa shape index (κ1) is 21.1. The zero-order chi connectivity index (χ0) is 22.8. The summed E-state index contributed by atoms with van der Waals surface area (Å²) in [6.07, 6.45) is 3.23. The predicted octanol–water partition coefficient (Wildman–Crippen LogP) is 3.44. The molecule has 0 unspecified atom stereocenters. The second-order valence-corrected chi connectivity index (χ2v) is 7.33. The average Bonchev–Trinajstić information content (AvgIpc) is 3.48. The number of carbonyl (C=O) groups excluding carboxylic acids is 2. The van der Waals surface area contributed by atoms with Crippen LogP contribution in [0.5, 0.6) is 0 Å². The lowest BCUT2D eigenvalue weighted by Gasteiger charge is -2.13. The van der Waals surface area contributed by atoms with Crippen molar-refractivity contribution < 1.29 is 14.3 Å². The van der Waals surface area contributed by atoms with Crippen LogP contribution in [0.25, 0.3) is 11.5 Å². The first-order valence-corrected chi connectivity index (χ1v) is 10.2. The Kier molecular flexibility index (Phi) is 5.63. The van der Waals surface area contributed by atoms with E-state index in [0.717, 1.165) is 11.4 Å². The van der Waals surface area contributed by atoms with Crippen LogP contribution in [-0.2, 0) is 11.8 Å². The fourth-order valence-corrected chi connectivity index (χ4v) is 3.57. The summed E-state index contributed by atoms with van der Waals surface area (Å²) in [5.41, 5.74) is 4.00. The molecular formula is C23H24N6O3. The number of amides is 1. The SMILES string of the molecule is CCOC(=O)c1ccn(-c2cccc(NC(=O)c3cnn(C)c3-n3c(C)ccc3C)c2)n1. The molecule has 0 aliphatic heterocycles. The number of carbonyl (C=O) groups is 2. The first-order valence-electron chi connectivity index (χ1n) is 10.2. The van der Waals surface area contributed by atoms with Gasteiger partial charge in [0.2, 0.25) is 0 Å². The zero-order valence-electron chi connectivity index (χ0n) is 18.4. The molecule has 0 aliphatic rings. The van der Waals surface area contributed by atoms with Gasteiger partial charge >= 0.3 is 5.97 Å². The summed E-state index contributed by atoms with van der Waals surface area (Å²) in [5.74, 6) is -0.0503. The number of hydrogen-bond acceptors (Lipinski definition) is 5. The summed E-state index contributed by atoms with van der Waals surface area (Å²) in [6.45, 7) is 6.00. The Balaban J connectivity index is 1.59. The molecule has 1 amide bonds. The second-order valence-electron chi connectivity index (χ2n) is 7.33. The first-order chi connectivity index (χ1) is 15.4. The van der Waals surface area contributed by atoms with Crippen LogP contribution in [0.1, 0.15) is 39.2 Å². The molecule has 0 radical (unpaired) electrons. The number of rotatable bonds is 6.